The van der Waals surface area contributed by atoms with Gasteiger partial charge < -0.3 is 4.98 Å². The second-order valence-electron chi connectivity index (χ2n) is 7.48. The maximum Gasteiger partial charge on any atom is 0.155 e. The highest BCUT2D eigenvalue weighted by Gasteiger charge is 2.26. The summed E-state index contributed by atoms with van der Waals surface area (Å²) in [6.45, 7) is 3.11. The molecule has 0 amide bonds. The number of hydrogen-bond acceptors (Lipinski definition) is 5. The van der Waals surface area contributed by atoms with Gasteiger partial charge in [0.2, 0.25) is 0 Å². The molecule has 0 radical (unpaired) electrons. The molecule has 5 heterocycles. The Hall–Kier alpha value is -3.06. The molecule has 1 N–H and O–H groups in total. The lowest BCUT2D eigenvalue weighted by Crippen LogP contribution is -2.30. The van der Waals surface area contributed by atoms with Gasteiger partial charge in [-0.3, -0.25) is 9.88 Å². The average molecular weight is 373 g/mol. The molecule has 4 aromatic heterocycles. The molecule has 0 aliphatic carbocycles. The number of pyridine rings is 2. The number of imidazole rings is 1. The number of aromatic amines is 1. The molecule has 7 nitrogen and oxygen atoms in total. The van der Waals surface area contributed by atoms with Crippen LogP contribution in [-0.2, 0) is 0 Å². The van der Waals surface area contributed by atoms with Gasteiger partial charge in [-0.1, -0.05) is 12.5 Å². The SMILES string of the molecule is Cc1cccc(-c2[nH]c(C3CCCCN3C)nc2-c2ccc3ncnn3c2)n1. The Morgan fingerprint density at radius 3 is 2.89 bits per heavy atom. The van der Waals surface area contributed by atoms with Crippen LogP contribution >= 0.6 is 0 Å². The van der Waals surface area contributed by atoms with E-state index in [1.807, 2.05) is 43.5 Å². The van der Waals surface area contributed by atoms with Crippen LogP contribution in [0.1, 0.15) is 36.8 Å². The molecule has 7 heteroatoms. The van der Waals surface area contributed by atoms with E-state index in [-0.39, 0.29) is 0 Å². The summed E-state index contributed by atoms with van der Waals surface area (Å²) in [7, 11) is 2.18. The molecule has 0 aromatic carbocycles. The summed E-state index contributed by atoms with van der Waals surface area (Å²) in [4.78, 5) is 20.0. The maximum absolute atomic E-state index is 5.05. The number of nitrogens with one attached hydrogen (secondary N) is 1. The highest BCUT2D eigenvalue weighted by molar-refractivity contribution is 5.77. The van der Waals surface area contributed by atoms with Gasteiger partial charge in [-0.05, 0) is 57.6 Å². The zero-order chi connectivity index (χ0) is 19.1. The Morgan fingerprint density at radius 2 is 2.04 bits per heavy atom. The highest BCUT2D eigenvalue weighted by atomic mass is 15.3. The smallest absolute Gasteiger partial charge is 0.155 e. The van der Waals surface area contributed by atoms with Crippen LogP contribution < -0.4 is 0 Å². The molecule has 28 heavy (non-hydrogen) atoms. The second kappa shape index (κ2) is 6.83. The number of hydrogen-bond donors (Lipinski definition) is 1. The summed E-state index contributed by atoms with van der Waals surface area (Å²) in [5.74, 6) is 1.01. The number of aryl methyl sites for hydroxylation is 1. The highest BCUT2D eigenvalue weighted by Crippen LogP contribution is 2.34. The summed E-state index contributed by atoms with van der Waals surface area (Å²) in [5.41, 5.74) is 5.58. The molecule has 4 aromatic rings. The van der Waals surface area contributed by atoms with E-state index in [0.717, 1.165) is 52.8 Å². The van der Waals surface area contributed by atoms with Crippen molar-refractivity contribution in [3.8, 4) is 22.6 Å². The molecule has 142 valence electrons. The number of aromatic nitrogens is 6. The molecule has 1 aliphatic heterocycles. The van der Waals surface area contributed by atoms with E-state index >= 15 is 0 Å². The van der Waals surface area contributed by atoms with Crippen molar-refractivity contribution in [1.29, 1.82) is 0 Å². The van der Waals surface area contributed by atoms with Gasteiger partial charge in [-0.2, -0.15) is 5.10 Å². The van der Waals surface area contributed by atoms with Crippen molar-refractivity contribution in [2.24, 2.45) is 0 Å². The minimum absolute atomic E-state index is 0.307. The Balaban J connectivity index is 1.67. The Bertz CT molecular complexity index is 1130. The summed E-state index contributed by atoms with van der Waals surface area (Å²) in [5, 5.41) is 4.27. The van der Waals surface area contributed by atoms with E-state index in [1.165, 1.54) is 12.8 Å². The summed E-state index contributed by atoms with van der Waals surface area (Å²) in [6, 6.07) is 10.4. The Kier molecular flexibility index (Phi) is 4.16. The Labute approximate surface area is 163 Å². The van der Waals surface area contributed by atoms with Crippen molar-refractivity contribution in [1.82, 2.24) is 34.4 Å². The third kappa shape index (κ3) is 2.97. The number of likely N-dealkylation sites (tertiary alicyclic amines) is 1. The van der Waals surface area contributed by atoms with Crippen LogP contribution in [0.5, 0.6) is 0 Å². The summed E-state index contributed by atoms with van der Waals surface area (Å²) in [6.07, 6.45) is 7.14. The normalized spacial score (nSPS) is 18.0. The van der Waals surface area contributed by atoms with Crippen LogP contribution in [0.4, 0.5) is 0 Å². The predicted octanol–water partition coefficient (Wildman–Crippen LogP) is 3.65. The van der Waals surface area contributed by atoms with Crippen molar-refractivity contribution in [2.45, 2.75) is 32.2 Å². The van der Waals surface area contributed by atoms with Gasteiger partial charge >= 0.3 is 0 Å². The lowest BCUT2D eigenvalue weighted by molar-refractivity contribution is 0.180. The maximum atomic E-state index is 5.05. The molecular weight excluding hydrogens is 350 g/mol. The van der Waals surface area contributed by atoms with Crippen LogP contribution in [-0.4, -0.2) is 48.0 Å². The fourth-order valence-corrected chi connectivity index (χ4v) is 4.00. The summed E-state index contributed by atoms with van der Waals surface area (Å²) >= 11 is 0. The topological polar surface area (TPSA) is 75.0 Å². The van der Waals surface area contributed by atoms with Crippen molar-refractivity contribution < 1.29 is 0 Å². The Morgan fingerprint density at radius 1 is 1.11 bits per heavy atom. The standard InChI is InChI=1S/C21H23N7/c1-14-6-5-7-16(24-14)20-19(15-9-10-18-22-13-23-28(18)12-15)25-21(26-20)17-8-3-4-11-27(17)2/h5-7,9-10,12-13,17H,3-4,8,11H2,1-2H3,(H,25,26). The van der Waals surface area contributed by atoms with Gasteiger partial charge in [-0.15, -0.1) is 0 Å². The van der Waals surface area contributed by atoms with Gasteiger partial charge in [0, 0.05) is 17.5 Å². The van der Waals surface area contributed by atoms with E-state index < -0.39 is 0 Å². The molecule has 1 unspecified atom stereocenters. The fraction of sp³-hybridized carbons (Fsp3) is 0.333. The van der Waals surface area contributed by atoms with Crippen LogP contribution in [0.25, 0.3) is 28.3 Å². The first-order chi connectivity index (χ1) is 13.7. The van der Waals surface area contributed by atoms with Crippen LogP contribution in [0.3, 0.4) is 0 Å². The molecule has 0 bridgehead atoms. The predicted molar refractivity (Wildman–Crippen MR) is 108 cm³/mol. The van der Waals surface area contributed by atoms with E-state index in [1.54, 1.807) is 10.8 Å². The van der Waals surface area contributed by atoms with Gasteiger partial charge in [0.15, 0.2) is 5.65 Å². The van der Waals surface area contributed by atoms with Gasteiger partial charge in [0.25, 0.3) is 0 Å². The third-order valence-corrected chi connectivity index (χ3v) is 5.50. The average Bonchev–Trinajstić information content (AvgIpc) is 3.35. The first-order valence-electron chi connectivity index (χ1n) is 9.73. The van der Waals surface area contributed by atoms with E-state index in [0.29, 0.717) is 6.04 Å². The van der Waals surface area contributed by atoms with Crippen molar-refractivity contribution in [2.75, 3.05) is 13.6 Å². The fourth-order valence-electron chi connectivity index (χ4n) is 4.00. The zero-order valence-corrected chi connectivity index (χ0v) is 16.1. The number of fused-ring (bicyclic) bond motifs is 1. The van der Waals surface area contributed by atoms with E-state index in [2.05, 4.69) is 27.0 Å². The molecule has 1 saturated heterocycles. The minimum atomic E-state index is 0.307. The van der Waals surface area contributed by atoms with Gasteiger partial charge in [0.05, 0.1) is 23.1 Å². The monoisotopic (exact) mass is 373 g/mol. The van der Waals surface area contributed by atoms with Crippen molar-refractivity contribution >= 4 is 5.65 Å². The third-order valence-electron chi connectivity index (χ3n) is 5.50. The van der Waals surface area contributed by atoms with E-state index in [9.17, 15) is 0 Å². The largest absolute Gasteiger partial charge is 0.339 e. The minimum Gasteiger partial charge on any atom is -0.339 e. The van der Waals surface area contributed by atoms with Crippen molar-refractivity contribution in [3.05, 3.63) is 54.4 Å². The lowest BCUT2D eigenvalue weighted by atomic mass is 10.0. The summed E-state index contributed by atoms with van der Waals surface area (Å²) < 4.78 is 1.78. The number of nitrogens with zero attached hydrogens (tertiary/aromatic N) is 6. The molecule has 1 aliphatic rings. The second-order valence-corrected chi connectivity index (χ2v) is 7.48. The first-order valence-corrected chi connectivity index (χ1v) is 9.73. The van der Waals surface area contributed by atoms with Crippen LogP contribution in [0.15, 0.2) is 42.9 Å². The quantitative estimate of drug-likeness (QED) is 0.593. The van der Waals surface area contributed by atoms with Crippen LogP contribution in [0, 0.1) is 6.92 Å². The number of rotatable bonds is 3. The van der Waals surface area contributed by atoms with E-state index in [4.69, 9.17) is 9.97 Å². The molecule has 0 spiro atoms. The zero-order valence-electron chi connectivity index (χ0n) is 16.1. The van der Waals surface area contributed by atoms with Crippen LogP contribution in [0.2, 0.25) is 0 Å². The van der Waals surface area contributed by atoms with Gasteiger partial charge in [0.1, 0.15) is 12.2 Å². The molecule has 1 atom stereocenters. The van der Waals surface area contributed by atoms with Gasteiger partial charge in [-0.25, -0.2) is 14.5 Å². The first kappa shape index (κ1) is 17.1. The lowest BCUT2D eigenvalue weighted by Gasteiger charge is -2.30. The number of H-pyrrole nitrogens is 1. The molecule has 0 saturated carbocycles. The molecule has 5 rings (SSSR count). The molecule has 1 fully saturated rings. The van der Waals surface area contributed by atoms with Crippen molar-refractivity contribution in [3.63, 3.8) is 0 Å². The number of piperidine rings is 1. The molecular formula is C21H23N7.